The molecular formula is C23H22N2OS. The summed E-state index contributed by atoms with van der Waals surface area (Å²) in [7, 11) is 1.63. The van der Waals surface area contributed by atoms with Crippen LogP contribution in [0.1, 0.15) is 30.0 Å². The minimum absolute atomic E-state index is 0.534. The number of benzene rings is 2. The number of nitrogens with zero attached hydrogens (tertiary/aromatic N) is 2. The smallest absolute Gasteiger partial charge is 0.134 e. The van der Waals surface area contributed by atoms with E-state index in [4.69, 9.17) is 4.74 Å². The van der Waals surface area contributed by atoms with E-state index < -0.39 is 0 Å². The number of hydrogen-bond acceptors (Lipinski definition) is 4. The first kappa shape index (κ1) is 18.9. The first-order chi connectivity index (χ1) is 13.1. The summed E-state index contributed by atoms with van der Waals surface area (Å²) >= 11 is 1.48. The molecule has 0 bridgehead atoms. The molecule has 0 fully saturated rings. The molecule has 4 heteroatoms. The van der Waals surface area contributed by atoms with Gasteiger partial charge in [0.2, 0.25) is 0 Å². The van der Waals surface area contributed by atoms with Gasteiger partial charge in [-0.1, -0.05) is 56.3 Å². The van der Waals surface area contributed by atoms with Crippen LogP contribution in [0.3, 0.4) is 0 Å². The summed E-state index contributed by atoms with van der Waals surface area (Å²) in [6, 6.07) is 18.4. The fraction of sp³-hybridized carbons (Fsp3) is 0.217. The van der Waals surface area contributed by atoms with Crippen LogP contribution in [-0.2, 0) is 6.42 Å². The average Bonchev–Trinajstić information content (AvgIpc) is 3.16. The lowest BCUT2D eigenvalue weighted by molar-refractivity contribution is 0.414. The number of hydrogen-bond donors (Lipinski definition) is 0. The lowest BCUT2D eigenvalue weighted by Gasteiger charge is -2.05. The zero-order valence-electron chi connectivity index (χ0n) is 15.8. The Bertz CT molecular complexity index is 978. The summed E-state index contributed by atoms with van der Waals surface area (Å²) in [4.78, 5) is 4.68. The lowest BCUT2D eigenvalue weighted by atomic mass is 10.0. The molecular weight excluding hydrogens is 352 g/mol. The number of allylic oxidation sites excluding steroid dienone is 1. The molecule has 0 N–H and O–H groups in total. The van der Waals surface area contributed by atoms with Crippen molar-refractivity contribution in [2.45, 2.75) is 20.3 Å². The summed E-state index contributed by atoms with van der Waals surface area (Å²) in [5.74, 6) is 1.38. The van der Waals surface area contributed by atoms with Crippen molar-refractivity contribution in [2.75, 3.05) is 7.11 Å². The van der Waals surface area contributed by atoms with Crippen molar-refractivity contribution in [2.24, 2.45) is 5.92 Å². The van der Waals surface area contributed by atoms with Crippen molar-refractivity contribution < 1.29 is 4.74 Å². The highest BCUT2D eigenvalue weighted by Crippen LogP contribution is 2.29. The number of para-hydroxylation sites is 1. The molecule has 136 valence electrons. The van der Waals surface area contributed by atoms with Gasteiger partial charge in [-0.3, -0.25) is 0 Å². The third kappa shape index (κ3) is 4.64. The number of ether oxygens (including phenoxy) is 1. The molecule has 1 aromatic heterocycles. The number of rotatable bonds is 6. The van der Waals surface area contributed by atoms with Crippen LogP contribution in [0.2, 0.25) is 0 Å². The largest absolute Gasteiger partial charge is 0.496 e. The summed E-state index contributed by atoms with van der Waals surface area (Å²) < 4.78 is 5.37. The van der Waals surface area contributed by atoms with Gasteiger partial charge in [-0.2, -0.15) is 5.26 Å². The molecule has 1 heterocycles. The summed E-state index contributed by atoms with van der Waals surface area (Å²) in [6.07, 6.45) is 2.90. The summed E-state index contributed by atoms with van der Waals surface area (Å²) in [5, 5.41) is 12.3. The SMILES string of the molecule is COc1ccccc1/C=C(/C#N)c1nc(-c2ccc(CC(C)C)cc2)cs1. The second kappa shape index (κ2) is 8.66. The number of methoxy groups -OCH3 is 1. The zero-order chi connectivity index (χ0) is 19.2. The molecule has 0 radical (unpaired) electrons. The van der Waals surface area contributed by atoms with E-state index in [-0.39, 0.29) is 0 Å². The van der Waals surface area contributed by atoms with E-state index in [0.717, 1.165) is 29.0 Å². The fourth-order valence-corrected chi connectivity index (χ4v) is 3.69. The molecule has 0 spiro atoms. The van der Waals surface area contributed by atoms with Gasteiger partial charge in [-0.25, -0.2) is 4.98 Å². The average molecular weight is 375 g/mol. The zero-order valence-corrected chi connectivity index (χ0v) is 16.6. The van der Waals surface area contributed by atoms with Crippen LogP contribution in [0, 0.1) is 17.2 Å². The molecule has 27 heavy (non-hydrogen) atoms. The van der Waals surface area contributed by atoms with E-state index in [1.807, 2.05) is 35.7 Å². The Morgan fingerprint density at radius 1 is 1.19 bits per heavy atom. The monoisotopic (exact) mass is 374 g/mol. The molecule has 0 amide bonds. The molecule has 3 nitrogen and oxygen atoms in total. The standard InChI is InChI=1S/C23H22N2OS/c1-16(2)12-17-8-10-18(11-9-17)21-15-27-23(25-21)20(14-24)13-19-6-4-5-7-22(19)26-3/h4-11,13,15-16H,12H2,1-3H3/b20-13-. The third-order valence-corrected chi connectivity index (χ3v) is 5.06. The summed E-state index contributed by atoms with van der Waals surface area (Å²) in [6.45, 7) is 4.44. The Labute approximate surface area is 164 Å². The van der Waals surface area contributed by atoms with Gasteiger partial charge >= 0.3 is 0 Å². The Morgan fingerprint density at radius 2 is 1.93 bits per heavy atom. The predicted octanol–water partition coefficient (Wildman–Crippen LogP) is 6.08. The van der Waals surface area contributed by atoms with Crippen molar-refractivity contribution >= 4 is 23.0 Å². The Hall–Kier alpha value is -2.90. The van der Waals surface area contributed by atoms with E-state index in [1.54, 1.807) is 7.11 Å². The van der Waals surface area contributed by atoms with Crippen molar-refractivity contribution in [3.05, 3.63) is 70.0 Å². The molecule has 0 saturated carbocycles. The van der Waals surface area contributed by atoms with E-state index >= 15 is 0 Å². The van der Waals surface area contributed by atoms with Gasteiger partial charge in [0.05, 0.1) is 18.4 Å². The molecule has 0 saturated heterocycles. The molecule has 0 unspecified atom stereocenters. The molecule has 3 rings (SSSR count). The molecule has 0 aliphatic heterocycles. The Balaban J connectivity index is 1.87. The fourth-order valence-electron chi connectivity index (χ4n) is 2.90. The first-order valence-corrected chi connectivity index (χ1v) is 9.78. The van der Waals surface area contributed by atoms with E-state index in [1.165, 1.54) is 16.9 Å². The normalized spacial score (nSPS) is 11.4. The van der Waals surface area contributed by atoms with Gasteiger partial charge < -0.3 is 4.74 Å². The number of nitriles is 1. The maximum Gasteiger partial charge on any atom is 0.134 e. The van der Waals surface area contributed by atoms with E-state index in [0.29, 0.717) is 16.5 Å². The van der Waals surface area contributed by atoms with Crippen LogP contribution >= 0.6 is 11.3 Å². The Morgan fingerprint density at radius 3 is 2.59 bits per heavy atom. The first-order valence-electron chi connectivity index (χ1n) is 8.90. The molecule has 0 aliphatic carbocycles. The van der Waals surface area contributed by atoms with Crippen molar-refractivity contribution in [1.29, 1.82) is 5.26 Å². The minimum atomic E-state index is 0.534. The third-order valence-electron chi connectivity index (χ3n) is 4.19. The van der Waals surface area contributed by atoms with Crippen molar-refractivity contribution in [3.63, 3.8) is 0 Å². The molecule has 0 atom stereocenters. The topological polar surface area (TPSA) is 45.9 Å². The van der Waals surface area contributed by atoms with Gasteiger partial charge in [0.25, 0.3) is 0 Å². The highest BCUT2D eigenvalue weighted by molar-refractivity contribution is 7.11. The molecule has 2 aromatic carbocycles. The van der Waals surface area contributed by atoms with Crippen LogP contribution in [0.15, 0.2) is 53.9 Å². The highest BCUT2D eigenvalue weighted by Gasteiger charge is 2.10. The predicted molar refractivity (Wildman–Crippen MR) is 113 cm³/mol. The van der Waals surface area contributed by atoms with Crippen LogP contribution in [0.5, 0.6) is 5.75 Å². The van der Waals surface area contributed by atoms with Gasteiger partial charge in [0.1, 0.15) is 16.8 Å². The highest BCUT2D eigenvalue weighted by atomic mass is 32.1. The van der Waals surface area contributed by atoms with Gasteiger partial charge in [-0.15, -0.1) is 11.3 Å². The number of thiazole rings is 1. The van der Waals surface area contributed by atoms with Gasteiger partial charge in [0.15, 0.2) is 0 Å². The quantitative estimate of drug-likeness (QED) is 0.491. The maximum atomic E-state index is 9.61. The minimum Gasteiger partial charge on any atom is -0.496 e. The van der Waals surface area contributed by atoms with Crippen molar-refractivity contribution in [3.8, 4) is 23.1 Å². The molecule has 0 aliphatic rings. The van der Waals surface area contributed by atoms with E-state index in [9.17, 15) is 5.26 Å². The van der Waals surface area contributed by atoms with Gasteiger partial charge in [0, 0.05) is 16.5 Å². The van der Waals surface area contributed by atoms with E-state index in [2.05, 4.69) is 49.2 Å². The second-order valence-electron chi connectivity index (χ2n) is 6.74. The number of aromatic nitrogens is 1. The van der Waals surface area contributed by atoms with Crippen molar-refractivity contribution in [1.82, 2.24) is 4.98 Å². The van der Waals surface area contributed by atoms with Crippen LogP contribution in [0.4, 0.5) is 0 Å². The summed E-state index contributed by atoms with van der Waals surface area (Å²) in [5.41, 5.74) is 4.70. The van der Waals surface area contributed by atoms with Crippen LogP contribution < -0.4 is 4.74 Å². The second-order valence-corrected chi connectivity index (χ2v) is 7.60. The Kier molecular flexibility index (Phi) is 6.05. The maximum absolute atomic E-state index is 9.61. The van der Waals surface area contributed by atoms with Gasteiger partial charge in [-0.05, 0) is 30.0 Å². The van der Waals surface area contributed by atoms with Crippen LogP contribution in [-0.4, -0.2) is 12.1 Å². The van der Waals surface area contributed by atoms with Crippen LogP contribution in [0.25, 0.3) is 22.9 Å². The lowest BCUT2D eigenvalue weighted by Crippen LogP contribution is -1.93. The molecule has 3 aromatic rings.